The number of rotatable bonds is 8. The Kier molecular flexibility index (Phi) is 8.06. The van der Waals surface area contributed by atoms with Crippen molar-refractivity contribution in [1.29, 1.82) is 0 Å². The van der Waals surface area contributed by atoms with Gasteiger partial charge in [0, 0.05) is 30.7 Å². The van der Waals surface area contributed by atoms with Crippen LogP contribution in [-0.4, -0.2) is 62.8 Å². The van der Waals surface area contributed by atoms with Crippen LogP contribution in [0.2, 0.25) is 0 Å². The minimum absolute atomic E-state index is 0.0483. The molecule has 1 atom stereocenters. The summed E-state index contributed by atoms with van der Waals surface area (Å²) >= 11 is 3.32. The third-order valence-electron chi connectivity index (χ3n) is 4.83. The summed E-state index contributed by atoms with van der Waals surface area (Å²) in [5.41, 5.74) is 0. The summed E-state index contributed by atoms with van der Waals surface area (Å²) in [5, 5.41) is 2.96. The molecule has 2 rings (SSSR count). The van der Waals surface area contributed by atoms with Crippen molar-refractivity contribution >= 4 is 31.9 Å². The Morgan fingerprint density at radius 2 is 1.92 bits per heavy atom. The van der Waals surface area contributed by atoms with Crippen molar-refractivity contribution in [3.8, 4) is 0 Å². The lowest BCUT2D eigenvalue weighted by molar-refractivity contribution is -0.126. The quantitative estimate of drug-likeness (QED) is 0.666. The third-order valence-corrected chi connectivity index (χ3v) is 7.24. The van der Waals surface area contributed by atoms with Crippen LogP contribution in [0.4, 0.5) is 0 Å². The number of amides is 1. The van der Waals surface area contributed by atoms with E-state index in [1.54, 1.807) is 24.3 Å². The third kappa shape index (κ3) is 5.52. The van der Waals surface area contributed by atoms with Gasteiger partial charge in [-0.3, -0.25) is 4.79 Å². The number of hydrogen-bond acceptors (Lipinski definition) is 4. The number of carbonyl (C=O) groups excluding carboxylic acids is 1. The minimum Gasteiger partial charge on any atom is -0.355 e. The Bertz CT molecular complexity index is 690. The van der Waals surface area contributed by atoms with Gasteiger partial charge in [-0.2, -0.15) is 4.31 Å². The zero-order chi connectivity index (χ0) is 19.2. The van der Waals surface area contributed by atoms with Gasteiger partial charge in [0.15, 0.2) is 0 Å². The molecule has 1 aliphatic rings. The number of hydrogen-bond donors (Lipinski definition) is 1. The summed E-state index contributed by atoms with van der Waals surface area (Å²) in [6.07, 6.45) is 1.42. The van der Waals surface area contributed by atoms with Gasteiger partial charge in [-0.05, 0) is 50.2 Å². The van der Waals surface area contributed by atoms with Gasteiger partial charge in [0.2, 0.25) is 15.9 Å². The first-order chi connectivity index (χ1) is 12.4. The smallest absolute Gasteiger partial charge is 0.243 e. The molecular weight excluding hydrogens is 418 g/mol. The van der Waals surface area contributed by atoms with E-state index in [-0.39, 0.29) is 23.3 Å². The molecule has 146 valence electrons. The molecule has 0 bridgehead atoms. The molecule has 1 amide bonds. The lowest BCUT2D eigenvalue weighted by Gasteiger charge is -2.31. The fraction of sp³-hybridized carbons (Fsp3) is 0.611. The highest BCUT2D eigenvalue weighted by atomic mass is 79.9. The van der Waals surface area contributed by atoms with Crippen LogP contribution in [0.1, 0.15) is 26.7 Å². The molecule has 1 fully saturated rings. The highest BCUT2D eigenvalue weighted by Crippen LogP contribution is 2.24. The van der Waals surface area contributed by atoms with Gasteiger partial charge >= 0.3 is 0 Å². The molecule has 1 saturated heterocycles. The van der Waals surface area contributed by atoms with Crippen molar-refractivity contribution in [3.63, 3.8) is 0 Å². The summed E-state index contributed by atoms with van der Waals surface area (Å²) in [6, 6.07) is 6.61. The molecule has 6 nitrogen and oxygen atoms in total. The molecule has 0 aliphatic carbocycles. The number of nitrogens with zero attached hydrogens (tertiary/aromatic N) is 2. The highest BCUT2D eigenvalue weighted by Gasteiger charge is 2.33. The molecule has 1 unspecified atom stereocenters. The van der Waals surface area contributed by atoms with Gasteiger partial charge in [0.25, 0.3) is 0 Å². The topological polar surface area (TPSA) is 69.7 Å². The molecule has 0 spiro atoms. The molecule has 0 saturated carbocycles. The second-order valence-corrected chi connectivity index (χ2v) is 9.33. The zero-order valence-corrected chi connectivity index (χ0v) is 17.9. The number of benzene rings is 1. The molecule has 1 aliphatic heterocycles. The fourth-order valence-electron chi connectivity index (χ4n) is 3.15. The molecule has 1 heterocycles. The summed E-state index contributed by atoms with van der Waals surface area (Å²) < 4.78 is 27.9. The van der Waals surface area contributed by atoms with E-state index in [0.717, 1.165) is 30.5 Å². The Morgan fingerprint density at radius 3 is 2.54 bits per heavy atom. The Hall–Kier alpha value is -0.960. The summed E-state index contributed by atoms with van der Waals surface area (Å²) in [4.78, 5) is 15.0. The molecule has 1 aromatic carbocycles. The lowest BCUT2D eigenvalue weighted by atomic mass is 9.99. The Morgan fingerprint density at radius 1 is 1.27 bits per heavy atom. The van der Waals surface area contributed by atoms with Crippen molar-refractivity contribution in [2.75, 3.05) is 39.3 Å². The van der Waals surface area contributed by atoms with E-state index in [9.17, 15) is 13.2 Å². The number of likely N-dealkylation sites (N-methyl/N-ethyl adjacent to an activating group) is 1. The van der Waals surface area contributed by atoms with Crippen LogP contribution in [0.3, 0.4) is 0 Å². The summed E-state index contributed by atoms with van der Waals surface area (Å²) in [5.74, 6) is -0.335. The maximum atomic E-state index is 12.8. The lowest BCUT2D eigenvalue weighted by Crippen LogP contribution is -2.46. The Balaban J connectivity index is 1.95. The van der Waals surface area contributed by atoms with Crippen LogP contribution in [0.5, 0.6) is 0 Å². The molecular formula is C18H28BrN3O3S. The van der Waals surface area contributed by atoms with Crippen molar-refractivity contribution < 1.29 is 13.2 Å². The van der Waals surface area contributed by atoms with Gasteiger partial charge in [-0.25, -0.2) is 8.42 Å². The summed E-state index contributed by atoms with van der Waals surface area (Å²) in [6.45, 7) is 8.21. The number of halogens is 1. The maximum absolute atomic E-state index is 12.8. The van der Waals surface area contributed by atoms with E-state index >= 15 is 0 Å². The maximum Gasteiger partial charge on any atom is 0.243 e. The van der Waals surface area contributed by atoms with Crippen molar-refractivity contribution in [2.24, 2.45) is 5.92 Å². The normalized spacial score (nSPS) is 18.8. The first-order valence-electron chi connectivity index (χ1n) is 9.14. The fourth-order valence-corrected chi connectivity index (χ4v) is 4.94. The van der Waals surface area contributed by atoms with E-state index in [1.165, 1.54) is 4.31 Å². The number of carbonyl (C=O) groups is 1. The largest absolute Gasteiger partial charge is 0.355 e. The highest BCUT2D eigenvalue weighted by molar-refractivity contribution is 9.10. The van der Waals surface area contributed by atoms with Crippen LogP contribution in [0.15, 0.2) is 33.6 Å². The predicted molar refractivity (Wildman–Crippen MR) is 106 cm³/mol. The first-order valence-corrected chi connectivity index (χ1v) is 11.4. The number of sulfonamides is 1. The number of piperidine rings is 1. The standard InChI is InChI=1S/C18H28BrN3O3S/c1-3-21(4-2)13-11-20-18(23)15-6-5-12-22(14-15)26(24,25)17-9-7-16(19)8-10-17/h7-10,15H,3-6,11-14H2,1-2H3,(H,20,23). The van der Waals surface area contributed by atoms with Crippen LogP contribution < -0.4 is 5.32 Å². The monoisotopic (exact) mass is 445 g/mol. The van der Waals surface area contributed by atoms with Crippen molar-refractivity contribution in [2.45, 2.75) is 31.6 Å². The summed E-state index contributed by atoms with van der Waals surface area (Å²) in [7, 11) is -3.56. The van der Waals surface area contributed by atoms with Crippen molar-refractivity contribution in [1.82, 2.24) is 14.5 Å². The second kappa shape index (κ2) is 9.82. The molecule has 8 heteroatoms. The molecule has 1 N–H and O–H groups in total. The van der Waals surface area contributed by atoms with Crippen LogP contribution in [0, 0.1) is 5.92 Å². The van der Waals surface area contributed by atoms with E-state index in [0.29, 0.717) is 19.5 Å². The SMILES string of the molecule is CCN(CC)CCNC(=O)C1CCCN(S(=O)(=O)c2ccc(Br)cc2)C1. The van der Waals surface area contributed by atoms with E-state index in [2.05, 4.69) is 40.0 Å². The van der Waals surface area contributed by atoms with Gasteiger partial charge in [-0.15, -0.1) is 0 Å². The zero-order valence-electron chi connectivity index (χ0n) is 15.4. The number of nitrogens with one attached hydrogen (secondary N) is 1. The van der Waals surface area contributed by atoms with E-state index in [1.807, 2.05) is 0 Å². The van der Waals surface area contributed by atoms with Gasteiger partial charge in [0.1, 0.15) is 0 Å². The molecule has 1 aromatic rings. The second-order valence-electron chi connectivity index (χ2n) is 6.47. The average molecular weight is 446 g/mol. The van der Waals surface area contributed by atoms with Crippen LogP contribution in [0.25, 0.3) is 0 Å². The van der Waals surface area contributed by atoms with Crippen LogP contribution >= 0.6 is 15.9 Å². The Labute approximate surface area is 165 Å². The minimum atomic E-state index is -3.56. The average Bonchev–Trinajstić information content (AvgIpc) is 2.65. The van der Waals surface area contributed by atoms with Crippen LogP contribution in [-0.2, 0) is 14.8 Å². The molecule has 26 heavy (non-hydrogen) atoms. The molecule has 0 radical (unpaired) electrons. The van der Waals surface area contributed by atoms with Gasteiger partial charge < -0.3 is 10.2 Å². The van der Waals surface area contributed by atoms with Gasteiger partial charge in [-0.1, -0.05) is 29.8 Å². The first kappa shape index (κ1) is 21.3. The molecule has 0 aromatic heterocycles. The van der Waals surface area contributed by atoms with E-state index < -0.39 is 10.0 Å². The van der Waals surface area contributed by atoms with Gasteiger partial charge in [0.05, 0.1) is 10.8 Å². The van der Waals surface area contributed by atoms with Crippen molar-refractivity contribution in [3.05, 3.63) is 28.7 Å². The van der Waals surface area contributed by atoms with E-state index in [4.69, 9.17) is 0 Å². The predicted octanol–water partition coefficient (Wildman–Crippen LogP) is 2.31.